The second-order valence-electron chi connectivity index (χ2n) is 7.94. The van der Waals surface area contributed by atoms with Crippen molar-refractivity contribution < 1.29 is 17.9 Å². The van der Waals surface area contributed by atoms with Gasteiger partial charge >= 0.3 is 0 Å². The van der Waals surface area contributed by atoms with Crippen molar-refractivity contribution in [3.8, 4) is 5.75 Å². The molecule has 0 aliphatic rings. The first kappa shape index (κ1) is 26.1. The number of aromatic nitrogens is 1. The van der Waals surface area contributed by atoms with Gasteiger partial charge in [-0.2, -0.15) is 9.30 Å². The Labute approximate surface area is 205 Å². The Kier molecular flexibility index (Phi) is 9.04. The standard InChI is InChI=1S/C25H33N3O4S2/c1-5-15-27(16-6-2)34(30,31)21-12-9-19(10-13-21)24(29)26-25-28(17-7-3)22-14-11-20(32-8-4)18-23(22)33-25/h9-14,18H,5-8,15-17H2,1-4H3. The van der Waals surface area contributed by atoms with Gasteiger partial charge in [0.1, 0.15) is 5.75 Å². The van der Waals surface area contributed by atoms with Gasteiger partial charge in [0, 0.05) is 25.2 Å². The van der Waals surface area contributed by atoms with Crippen molar-refractivity contribution in [1.82, 2.24) is 8.87 Å². The van der Waals surface area contributed by atoms with E-state index in [1.165, 1.54) is 27.8 Å². The average molecular weight is 504 g/mol. The van der Waals surface area contributed by atoms with E-state index in [1.807, 2.05) is 43.5 Å². The highest BCUT2D eigenvalue weighted by Gasteiger charge is 2.23. The van der Waals surface area contributed by atoms with Crippen molar-refractivity contribution in [3.63, 3.8) is 0 Å². The molecule has 0 saturated heterocycles. The van der Waals surface area contributed by atoms with Crippen molar-refractivity contribution in [2.75, 3.05) is 19.7 Å². The number of nitrogens with zero attached hydrogens (tertiary/aromatic N) is 3. The molecule has 0 atom stereocenters. The molecule has 1 heterocycles. The molecule has 0 radical (unpaired) electrons. The van der Waals surface area contributed by atoms with Crippen LogP contribution in [0.3, 0.4) is 0 Å². The number of amides is 1. The summed E-state index contributed by atoms with van der Waals surface area (Å²) >= 11 is 1.44. The van der Waals surface area contributed by atoms with Gasteiger partial charge in [-0.15, -0.1) is 0 Å². The molecule has 9 heteroatoms. The van der Waals surface area contributed by atoms with Gasteiger partial charge < -0.3 is 9.30 Å². The zero-order valence-corrected chi connectivity index (χ0v) is 21.9. The maximum absolute atomic E-state index is 13.0. The van der Waals surface area contributed by atoms with Crippen LogP contribution in [0.15, 0.2) is 52.4 Å². The maximum atomic E-state index is 13.0. The lowest BCUT2D eigenvalue weighted by atomic mass is 10.2. The smallest absolute Gasteiger partial charge is 0.279 e. The van der Waals surface area contributed by atoms with Gasteiger partial charge in [-0.05, 0) is 68.7 Å². The van der Waals surface area contributed by atoms with E-state index in [2.05, 4.69) is 11.9 Å². The van der Waals surface area contributed by atoms with Crippen molar-refractivity contribution in [3.05, 3.63) is 52.8 Å². The van der Waals surface area contributed by atoms with Crippen LogP contribution in [0.1, 0.15) is 57.3 Å². The van der Waals surface area contributed by atoms with Crippen LogP contribution >= 0.6 is 11.3 Å². The van der Waals surface area contributed by atoms with Gasteiger partial charge in [-0.3, -0.25) is 4.79 Å². The lowest BCUT2D eigenvalue weighted by Gasteiger charge is -2.21. The number of rotatable bonds is 11. The highest BCUT2D eigenvalue weighted by atomic mass is 32.2. The minimum Gasteiger partial charge on any atom is -0.494 e. The number of benzene rings is 2. The van der Waals surface area contributed by atoms with Crippen LogP contribution < -0.4 is 9.54 Å². The van der Waals surface area contributed by atoms with Crippen LogP contribution in [0.25, 0.3) is 10.2 Å². The number of fused-ring (bicyclic) bond motifs is 1. The third kappa shape index (κ3) is 5.76. The molecular weight excluding hydrogens is 470 g/mol. The minimum absolute atomic E-state index is 0.192. The third-order valence-corrected chi connectivity index (χ3v) is 8.25. The van der Waals surface area contributed by atoms with E-state index < -0.39 is 15.9 Å². The molecule has 0 fully saturated rings. The predicted octanol–water partition coefficient (Wildman–Crippen LogP) is 5.06. The summed E-state index contributed by atoms with van der Waals surface area (Å²) in [5, 5.41) is 0. The molecule has 7 nitrogen and oxygen atoms in total. The molecule has 1 aromatic heterocycles. The summed E-state index contributed by atoms with van der Waals surface area (Å²) in [5.74, 6) is 0.388. The third-order valence-electron chi connectivity index (χ3n) is 5.29. The zero-order chi connectivity index (χ0) is 24.7. The molecule has 0 aliphatic heterocycles. The molecule has 0 saturated carbocycles. The second-order valence-corrected chi connectivity index (χ2v) is 10.9. The van der Waals surface area contributed by atoms with E-state index in [4.69, 9.17) is 4.74 Å². The highest BCUT2D eigenvalue weighted by Crippen LogP contribution is 2.24. The van der Waals surface area contributed by atoms with Crippen LogP contribution in [-0.4, -0.2) is 42.9 Å². The fraction of sp³-hybridized carbons (Fsp3) is 0.440. The molecule has 2 aromatic carbocycles. The number of aryl methyl sites for hydroxylation is 1. The van der Waals surface area contributed by atoms with Crippen LogP contribution in [0.5, 0.6) is 5.75 Å². The van der Waals surface area contributed by atoms with Crippen molar-refractivity contribution >= 4 is 37.5 Å². The molecule has 184 valence electrons. The van der Waals surface area contributed by atoms with Crippen LogP contribution in [0.2, 0.25) is 0 Å². The zero-order valence-electron chi connectivity index (χ0n) is 20.3. The van der Waals surface area contributed by atoms with Gasteiger partial charge in [0.2, 0.25) is 10.0 Å². The summed E-state index contributed by atoms with van der Waals surface area (Å²) in [6.45, 7) is 10.2. The topological polar surface area (TPSA) is 81.0 Å². The predicted molar refractivity (Wildman–Crippen MR) is 137 cm³/mol. The Morgan fingerprint density at radius 3 is 2.26 bits per heavy atom. The molecular formula is C25H33N3O4S2. The molecule has 0 N–H and O–H groups in total. The number of hydrogen-bond acceptors (Lipinski definition) is 5. The van der Waals surface area contributed by atoms with E-state index in [0.717, 1.165) is 41.8 Å². The van der Waals surface area contributed by atoms with Crippen LogP contribution in [0, 0.1) is 0 Å². The van der Waals surface area contributed by atoms with Crippen LogP contribution in [-0.2, 0) is 16.6 Å². The number of sulfonamides is 1. The Bertz CT molecular complexity index is 1290. The van der Waals surface area contributed by atoms with Crippen LogP contribution in [0.4, 0.5) is 0 Å². The lowest BCUT2D eigenvalue weighted by molar-refractivity contribution is 0.0997. The molecule has 34 heavy (non-hydrogen) atoms. The quantitative estimate of drug-likeness (QED) is 0.366. The van der Waals surface area contributed by atoms with Crippen molar-refractivity contribution in [1.29, 1.82) is 0 Å². The highest BCUT2D eigenvalue weighted by molar-refractivity contribution is 7.89. The number of carbonyl (C=O) groups excluding carboxylic acids is 1. The molecule has 0 spiro atoms. The summed E-state index contributed by atoms with van der Waals surface area (Å²) in [4.78, 5) is 18.2. The molecule has 3 rings (SSSR count). The lowest BCUT2D eigenvalue weighted by Crippen LogP contribution is -2.32. The molecule has 0 aliphatic carbocycles. The van der Waals surface area contributed by atoms with E-state index in [9.17, 15) is 13.2 Å². The molecule has 0 bridgehead atoms. The van der Waals surface area contributed by atoms with Crippen molar-refractivity contribution in [2.24, 2.45) is 4.99 Å². The average Bonchev–Trinajstić information content (AvgIpc) is 3.15. The van der Waals surface area contributed by atoms with Gasteiger partial charge in [0.25, 0.3) is 5.91 Å². The molecule has 0 unspecified atom stereocenters. The second kappa shape index (κ2) is 11.8. The van der Waals surface area contributed by atoms with E-state index in [1.54, 1.807) is 12.1 Å². The summed E-state index contributed by atoms with van der Waals surface area (Å²) < 4.78 is 36.1. The number of thiazole rings is 1. The molecule has 1 amide bonds. The van der Waals surface area contributed by atoms with Gasteiger partial charge in [0.15, 0.2) is 4.80 Å². The fourth-order valence-electron chi connectivity index (χ4n) is 3.76. The fourth-order valence-corrected chi connectivity index (χ4v) is 6.46. The maximum Gasteiger partial charge on any atom is 0.279 e. The Morgan fingerprint density at radius 2 is 1.68 bits per heavy atom. The normalized spacial score (nSPS) is 12.6. The summed E-state index contributed by atoms with van der Waals surface area (Å²) in [7, 11) is -3.59. The Balaban J connectivity index is 1.94. The van der Waals surface area contributed by atoms with Crippen molar-refractivity contribution in [2.45, 2.75) is 58.4 Å². The first-order valence-corrected chi connectivity index (χ1v) is 14.1. The summed E-state index contributed by atoms with van der Waals surface area (Å²) in [6, 6.07) is 12.0. The number of ether oxygens (including phenoxy) is 1. The minimum atomic E-state index is -3.59. The largest absolute Gasteiger partial charge is 0.494 e. The first-order valence-electron chi connectivity index (χ1n) is 11.8. The Morgan fingerprint density at radius 1 is 1.00 bits per heavy atom. The summed E-state index contributed by atoms with van der Waals surface area (Å²) in [6.07, 6.45) is 2.39. The monoisotopic (exact) mass is 503 g/mol. The summed E-state index contributed by atoms with van der Waals surface area (Å²) in [5.41, 5.74) is 1.36. The van der Waals surface area contributed by atoms with E-state index >= 15 is 0 Å². The SMILES string of the molecule is CCCN(CCC)S(=O)(=O)c1ccc(C(=O)N=c2sc3cc(OCC)ccc3n2CCC)cc1. The van der Waals surface area contributed by atoms with Gasteiger partial charge in [0.05, 0.1) is 21.7 Å². The first-order chi connectivity index (χ1) is 16.3. The Hall–Kier alpha value is -2.49. The number of carbonyl (C=O) groups is 1. The van der Waals surface area contributed by atoms with Gasteiger partial charge in [-0.1, -0.05) is 32.1 Å². The number of hydrogen-bond donors (Lipinski definition) is 0. The molecule has 3 aromatic rings. The van der Waals surface area contributed by atoms with Gasteiger partial charge in [-0.25, -0.2) is 8.42 Å². The van der Waals surface area contributed by atoms with E-state index in [0.29, 0.717) is 30.1 Å². The van der Waals surface area contributed by atoms with E-state index in [-0.39, 0.29) is 4.90 Å².